The van der Waals surface area contributed by atoms with Gasteiger partial charge in [0, 0.05) is 19.3 Å². The molecule has 1 atom stereocenters. The van der Waals surface area contributed by atoms with Crippen molar-refractivity contribution in [3.8, 4) is 0 Å². The summed E-state index contributed by atoms with van der Waals surface area (Å²) in [5.41, 5.74) is 0.0524. The van der Waals surface area contributed by atoms with Gasteiger partial charge in [0.25, 0.3) is 5.91 Å². The molecule has 1 unspecified atom stereocenters. The fourth-order valence-corrected chi connectivity index (χ4v) is 3.27. The molecule has 104 valence electrons. The van der Waals surface area contributed by atoms with Crippen LogP contribution in [0.5, 0.6) is 0 Å². The third-order valence-electron chi connectivity index (χ3n) is 3.05. The molecule has 19 heavy (non-hydrogen) atoms. The molecule has 0 radical (unpaired) electrons. The van der Waals surface area contributed by atoms with Gasteiger partial charge in [-0.3, -0.25) is 4.79 Å². The summed E-state index contributed by atoms with van der Waals surface area (Å²) in [6, 6.07) is 1.41. The fraction of sp³-hybridized carbons (Fsp3) is 0.538. The first kappa shape index (κ1) is 14.1. The van der Waals surface area contributed by atoms with Crippen LogP contribution in [0.3, 0.4) is 0 Å². The number of amides is 1. The molecular weight excluding hydrogens is 265 g/mol. The summed E-state index contributed by atoms with van der Waals surface area (Å²) in [4.78, 5) is 15.8. The highest BCUT2D eigenvalue weighted by atomic mass is 32.2. The number of carbonyl (C=O) groups excluding carboxylic acids is 1. The Labute approximate surface area is 116 Å². The summed E-state index contributed by atoms with van der Waals surface area (Å²) in [6.07, 6.45) is 2.56. The summed E-state index contributed by atoms with van der Waals surface area (Å²) < 4.78 is 14.0. The van der Waals surface area contributed by atoms with Crippen molar-refractivity contribution in [1.29, 1.82) is 0 Å². The monoisotopic (exact) mass is 283 g/mol. The van der Waals surface area contributed by atoms with Crippen LogP contribution in [0.4, 0.5) is 10.2 Å². The topological polar surface area (TPSA) is 54.0 Å². The predicted octanol–water partition coefficient (Wildman–Crippen LogP) is 2.14. The second-order valence-electron chi connectivity index (χ2n) is 4.49. The maximum Gasteiger partial charge on any atom is 0.254 e. The fourth-order valence-electron chi connectivity index (χ4n) is 1.99. The van der Waals surface area contributed by atoms with Gasteiger partial charge in [-0.2, -0.15) is 11.8 Å². The number of hydrogen-bond donors (Lipinski definition) is 2. The number of anilines is 1. The van der Waals surface area contributed by atoms with Gasteiger partial charge in [-0.25, -0.2) is 9.37 Å². The first-order valence-electron chi connectivity index (χ1n) is 6.46. The number of nitrogens with zero attached hydrogens (tertiary/aromatic N) is 1. The highest BCUT2D eigenvalue weighted by molar-refractivity contribution is 7.99. The predicted molar refractivity (Wildman–Crippen MR) is 76.1 cm³/mol. The second kappa shape index (κ2) is 6.75. The summed E-state index contributed by atoms with van der Waals surface area (Å²) in [7, 11) is 0. The maximum absolute atomic E-state index is 14.0. The molecule has 1 amide bonds. The zero-order valence-corrected chi connectivity index (χ0v) is 11.7. The Morgan fingerprint density at radius 3 is 3.16 bits per heavy atom. The molecule has 1 aliphatic rings. The van der Waals surface area contributed by atoms with Crippen LogP contribution in [-0.2, 0) is 0 Å². The van der Waals surface area contributed by atoms with Gasteiger partial charge in [-0.1, -0.05) is 0 Å². The Hall–Kier alpha value is -1.30. The molecule has 2 rings (SSSR count). The number of aromatic nitrogens is 1. The van der Waals surface area contributed by atoms with Crippen LogP contribution >= 0.6 is 11.8 Å². The van der Waals surface area contributed by atoms with Crippen molar-refractivity contribution in [2.45, 2.75) is 13.3 Å². The third-order valence-corrected chi connectivity index (χ3v) is 4.28. The molecule has 1 saturated heterocycles. The Morgan fingerprint density at radius 2 is 2.47 bits per heavy atom. The number of carbonyl (C=O) groups is 1. The van der Waals surface area contributed by atoms with E-state index in [9.17, 15) is 9.18 Å². The van der Waals surface area contributed by atoms with E-state index in [2.05, 4.69) is 15.6 Å². The van der Waals surface area contributed by atoms with E-state index in [1.54, 1.807) is 0 Å². The quantitative estimate of drug-likeness (QED) is 0.869. The van der Waals surface area contributed by atoms with Gasteiger partial charge in [0.15, 0.2) is 11.6 Å². The minimum atomic E-state index is -0.581. The number of rotatable bonds is 5. The average Bonchev–Trinajstić information content (AvgIpc) is 2.92. The molecule has 1 aromatic heterocycles. The largest absolute Gasteiger partial charge is 0.368 e. The summed E-state index contributed by atoms with van der Waals surface area (Å²) in [5, 5.41) is 5.60. The Morgan fingerprint density at radius 1 is 1.63 bits per heavy atom. The third kappa shape index (κ3) is 3.59. The number of pyridine rings is 1. The standard InChI is InChI=1S/C13H18FN3OS/c1-2-15-12-11(14)10(3-5-16-12)13(18)17-7-9-4-6-19-8-9/h3,5,9H,2,4,6-8H2,1H3,(H,15,16)(H,17,18). The van der Waals surface area contributed by atoms with Crippen molar-refractivity contribution >= 4 is 23.5 Å². The first-order chi connectivity index (χ1) is 9.22. The molecule has 0 saturated carbocycles. The van der Waals surface area contributed by atoms with Crippen LogP contribution in [0.2, 0.25) is 0 Å². The smallest absolute Gasteiger partial charge is 0.254 e. The lowest BCUT2D eigenvalue weighted by Gasteiger charge is -2.11. The van der Waals surface area contributed by atoms with E-state index in [4.69, 9.17) is 0 Å². The molecule has 0 aromatic carbocycles. The number of halogens is 1. The van der Waals surface area contributed by atoms with Crippen molar-refractivity contribution in [3.63, 3.8) is 0 Å². The highest BCUT2D eigenvalue weighted by Crippen LogP contribution is 2.22. The zero-order chi connectivity index (χ0) is 13.7. The minimum Gasteiger partial charge on any atom is -0.368 e. The van der Waals surface area contributed by atoms with Crippen LogP contribution in [0, 0.1) is 11.7 Å². The normalized spacial score (nSPS) is 18.3. The molecule has 4 nitrogen and oxygen atoms in total. The van der Waals surface area contributed by atoms with Crippen LogP contribution < -0.4 is 10.6 Å². The summed E-state index contributed by atoms with van der Waals surface area (Å²) in [5.74, 6) is 1.91. The minimum absolute atomic E-state index is 0.0524. The molecule has 0 spiro atoms. The highest BCUT2D eigenvalue weighted by Gasteiger charge is 2.19. The van der Waals surface area contributed by atoms with E-state index in [0.717, 1.165) is 17.9 Å². The molecule has 0 bridgehead atoms. The Bertz CT molecular complexity index is 450. The first-order valence-corrected chi connectivity index (χ1v) is 7.62. The zero-order valence-electron chi connectivity index (χ0n) is 10.9. The van der Waals surface area contributed by atoms with Gasteiger partial charge in [-0.05, 0) is 36.8 Å². The van der Waals surface area contributed by atoms with Gasteiger partial charge >= 0.3 is 0 Å². The van der Waals surface area contributed by atoms with E-state index in [0.29, 0.717) is 19.0 Å². The van der Waals surface area contributed by atoms with Crippen molar-refractivity contribution in [3.05, 3.63) is 23.6 Å². The Kier molecular flexibility index (Phi) is 5.01. The van der Waals surface area contributed by atoms with Crippen molar-refractivity contribution in [2.75, 3.05) is 29.9 Å². The second-order valence-corrected chi connectivity index (χ2v) is 5.64. The molecule has 6 heteroatoms. The molecule has 2 N–H and O–H groups in total. The molecule has 2 heterocycles. The Balaban J connectivity index is 1.99. The number of nitrogens with one attached hydrogen (secondary N) is 2. The van der Waals surface area contributed by atoms with Crippen molar-refractivity contribution in [1.82, 2.24) is 10.3 Å². The van der Waals surface area contributed by atoms with Crippen LogP contribution in [0.15, 0.2) is 12.3 Å². The van der Waals surface area contributed by atoms with E-state index in [1.807, 2.05) is 18.7 Å². The summed E-state index contributed by atoms with van der Waals surface area (Å²) >= 11 is 1.90. The lowest BCUT2D eigenvalue weighted by Crippen LogP contribution is -2.30. The van der Waals surface area contributed by atoms with Crippen LogP contribution in [0.25, 0.3) is 0 Å². The number of hydrogen-bond acceptors (Lipinski definition) is 4. The van der Waals surface area contributed by atoms with Crippen LogP contribution in [0.1, 0.15) is 23.7 Å². The van der Waals surface area contributed by atoms with Gasteiger partial charge in [-0.15, -0.1) is 0 Å². The van der Waals surface area contributed by atoms with E-state index >= 15 is 0 Å². The van der Waals surface area contributed by atoms with Gasteiger partial charge in [0.2, 0.25) is 0 Å². The molecular formula is C13H18FN3OS. The van der Waals surface area contributed by atoms with Crippen molar-refractivity contribution in [2.24, 2.45) is 5.92 Å². The van der Waals surface area contributed by atoms with E-state index < -0.39 is 5.82 Å². The van der Waals surface area contributed by atoms with Gasteiger partial charge < -0.3 is 10.6 Å². The molecule has 0 aliphatic carbocycles. The molecule has 1 aromatic rings. The van der Waals surface area contributed by atoms with Gasteiger partial charge in [0.1, 0.15) is 0 Å². The van der Waals surface area contributed by atoms with Crippen LogP contribution in [-0.4, -0.2) is 35.5 Å². The number of thioether (sulfide) groups is 1. The maximum atomic E-state index is 14.0. The van der Waals surface area contributed by atoms with E-state index in [-0.39, 0.29) is 17.3 Å². The SMILES string of the molecule is CCNc1nccc(C(=O)NCC2CCSC2)c1F. The average molecular weight is 283 g/mol. The lowest BCUT2D eigenvalue weighted by atomic mass is 10.1. The van der Waals surface area contributed by atoms with E-state index in [1.165, 1.54) is 12.3 Å². The lowest BCUT2D eigenvalue weighted by molar-refractivity contribution is 0.0944. The van der Waals surface area contributed by atoms with Gasteiger partial charge in [0.05, 0.1) is 5.56 Å². The van der Waals surface area contributed by atoms with Crippen molar-refractivity contribution < 1.29 is 9.18 Å². The molecule has 1 fully saturated rings. The molecule has 1 aliphatic heterocycles. The summed E-state index contributed by atoms with van der Waals surface area (Å²) in [6.45, 7) is 3.03.